The molecule has 0 aromatic heterocycles. The van der Waals surface area contributed by atoms with Gasteiger partial charge in [0.2, 0.25) is 0 Å². The van der Waals surface area contributed by atoms with E-state index in [-0.39, 0.29) is 0 Å². The molecule has 0 aliphatic heterocycles. The van der Waals surface area contributed by atoms with E-state index >= 15 is 0 Å². The Labute approximate surface area is 103 Å². The molecule has 0 heterocycles. The molecule has 1 rings (SSSR count). The highest BCUT2D eigenvalue weighted by atomic mass is 16.5. The lowest BCUT2D eigenvalue weighted by atomic mass is 10.0. The molecule has 1 unspecified atom stereocenters. The van der Waals surface area contributed by atoms with Crippen LogP contribution in [-0.2, 0) is 6.54 Å². The van der Waals surface area contributed by atoms with Gasteiger partial charge in [0.25, 0.3) is 0 Å². The largest absolute Gasteiger partial charge is 0.496 e. The van der Waals surface area contributed by atoms with Crippen LogP contribution in [0.3, 0.4) is 0 Å². The lowest BCUT2D eigenvalue weighted by Crippen LogP contribution is -2.18. The summed E-state index contributed by atoms with van der Waals surface area (Å²) in [7, 11) is 7.48. The van der Waals surface area contributed by atoms with E-state index in [0.717, 1.165) is 17.9 Å². The molecule has 1 atom stereocenters. The monoisotopic (exact) mass is 238 g/mol. The van der Waals surface area contributed by atoms with Crippen LogP contribution >= 0.6 is 0 Å². The molecule has 4 nitrogen and oxygen atoms in total. The number of nitrogens with zero attached hydrogens (tertiary/aromatic N) is 1. The van der Waals surface area contributed by atoms with Gasteiger partial charge >= 0.3 is 0 Å². The predicted molar refractivity (Wildman–Crippen MR) is 69.3 cm³/mol. The van der Waals surface area contributed by atoms with Crippen LogP contribution in [0.15, 0.2) is 18.2 Å². The van der Waals surface area contributed by atoms with Gasteiger partial charge in [-0.05, 0) is 38.8 Å². The van der Waals surface area contributed by atoms with Crippen molar-refractivity contribution in [2.45, 2.75) is 12.6 Å². The molecule has 0 radical (unpaired) electrons. The van der Waals surface area contributed by atoms with Crippen molar-refractivity contribution >= 4 is 0 Å². The van der Waals surface area contributed by atoms with Gasteiger partial charge in [-0.2, -0.15) is 0 Å². The lowest BCUT2D eigenvalue weighted by molar-refractivity contribution is 0.173. The van der Waals surface area contributed by atoms with Crippen molar-refractivity contribution in [3.63, 3.8) is 0 Å². The van der Waals surface area contributed by atoms with Crippen LogP contribution in [0.2, 0.25) is 0 Å². The minimum atomic E-state index is -0.544. The average Bonchev–Trinajstić information content (AvgIpc) is 2.28. The van der Waals surface area contributed by atoms with Gasteiger partial charge in [0.1, 0.15) is 5.75 Å². The fraction of sp³-hybridized carbons (Fsp3) is 0.538. The Kier molecular flexibility index (Phi) is 5.41. The van der Waals surface area contributed by atoms with Crippen LogP contribution in [0.4, 0.5) is 0 Å². The zero-order chi connectivity index (χ0) is 12.8. The van der Waals surface area contributed by atoms with Gasteiger partial charge in [-0.15, -0.1) is 0 Å². The third-order valence-corrected chi connectivity index (χ3v) is 2.55. The highest BCUT2D eigenvalue weighted by Crippen LogP contribution is 2.26. The van der Waals surface area contributed by atoms with E-state index in [2.05, 4.69) is 10.2 Å². The van der Waals surface area contributed by atoms with Crippen molar-refractivity contribution in [3.05, 3.63) is 29.3 Å². The van der Waals surface area contributed by atoms with Gasteiger partial charge in [-0.25, -0.2) is 0 Å². The highest BCUT2D eigenvalue weighted by molar-refractivity contribution is 5.39. The van der Waals surface area contributed by atoms with E-state index in [0.29, 0.717) is 6.54 Å². The molecule has 96 valence electrons. The summed E-state index contributed by atoms with van der Waals surface area (Å²) < 4.78 is 5.27. The second-order valence-electron chi connectivity index (χ2n) is 4.39. The van der Waals surface area contributed by atoms with Gasteiger partial charge in [0, 0.05) is 18.7 Å². The molecule has 0 amide bonds. The summed E-state index contributed by atoms with van der Waals surface area (Å²) in [5.74, 6) is 0.732. The number of benzene rings is 1. The molecule has 0 saturated carbocycles. The number of hydrogen-bond acceptors (Lipinski definition) is 4. The third-order valence-electron chi connectivity index (χ3n) is 2.55. The van der Waals surface area contributed by atoms with Crippen LogP contribution in [0.5, 0.6) is 5.75 Å². The smallest absolute Gasteiger partial charge is 0.124 e. The number of aliphatic hydroxyl groups excluding tert-OH is 1. The number of likely N-dealkylation sites (N-methyl/N-ethyl adjacent to an activating group) is 1. The van der Waals surface area contributed by atoms with E-state index in [9.17, 15) is 5.11 Å². The standard InChI is InChI=1S/C13H22N2O2/c1-14-8-12(16)11-7-10(9-15(2)3)5-6-13(11)17-4/h5-7,12,14,16H,8-9H2,1-4H3. The van der Waals surface area contributed by atoms with Crippen LogP contribution in [0.25, 0.3) is 0 Å². The first-order valence-corrected chi connectivity index (χ1v) is 5.72. The van der Waals surface area contributed by atoms with Crippen molar-refractivity contribution in [3.8, 4) is 5.75 Å². The van der Waals surface area contributed by atoms with Gasteiger partial charge in [0.05, 0.1) is 13.2 Å². The van der Waals surface area contributed by atoms with Gasteiger partial charge in [-0.3, -0.25) is 0 Å². The summed E-state index contributed by atoms with van der Waals surface area (Å²) in [6.07, 6.45) is -0.544. The quantitative estimate of drug-likeness (QED) is 0.776. The number of methoxy groups -OCH3 is 1. The molecule has 0 bridgehead atoms. The summed E-state index contributed by atoms with van der Waals surface area (Å²) in [5, 5.41) is 13.0. The van der Waals surface area contributed by atoms with Crippen LogP contribution in [0.1, 0.15) is 17.2 Å². The Hall–Kier alpha value is -1.10. The number of rotatable bonds is 6. The van der Waals surface area contributed by atoms with Gasteiger partial charge < -0.3 is 20.1 Å². The molecule has 0 spiro atoms. The normalized spacial score (nSPS) is 12.8. The Bertz CT molecular complexity index is 353. The van der Waals surface area contributed by atoms with E-state index in [1.165, 1.54) is 5.56 Å². The number of aliphatic hydroxyl groups is 1. The Balaban J connectivity index is 2.97. The molecule has 17 heavy (non-hydrogen) atoms. The topological polar surface area (TPSA) is 44.7 Å². The molecular weight excluding hydrogens is 216 g/mol. The maximum Gasteiger partial charge on any atom is 0.124 e. The number of ether oxygens (including phenoxy) is 1. The zero-order valence-electron chi connectivity index (χ0n) is 11.0. The van der Waals surface area contributed by atoms with Crippen LogP contribution < -0.4 is 10.1 Å². The third kappa shape index (κ3) is 4.00. The van der Waals surface area contributed by atoms with Gasteiger partial charge in [0.15, 0.2) is 0 Å². The molecule has 0 saturated heterocycles. The first-order chi connectivity index (χ1) is 8.08. The molecular formula is C13H22N2O2. The summed E-state index contributed by atoms with van der Waals surface area (Å²) in [4.78, 5) is 2.09. The van der Waals surface area contributed by atoms with Crippen molar-refractivity contribution in [1.82, 2.24) is 10.2 Å². The first kappa shape index (κ1) is 14.0. The summed E-state index contributed by atoms with van der Waals surface area (Å²) in [6.45, 7) is 1.37. The second kappa shape index (κ2) is 6.59. The molecule has 0 fully saturated rings. The SMILES string of the molecule is CNCC(O)c1cc(CN(C)C)ccc1OC. The Morgan fingerprint density at radius 1 is 1.41 bits per heavy atom. The number of hydrogen-bond donors (Lipinski definition) is 2. The van der Waals surface area contributed by atoms with Crippen molar-refractivity contribution in [2.24, 2.45) is 0 Å². The van der Waals surface area contributed by atoms with E-state index in [1.54, 1.807) is 7.11 Å². The average molecular weight is 238 g/mol. The Morgan fingerprint density at radius 3 is 2.65 bits per heavy atom. The maximum atomic E-state index is 10.0. The van der Waals surface area contributed by atoms with Crippen molar-refractivity contribution < 1.29 is 9.84 Å². The van der Waals surface area contributed by atoms with E-state index < -0.39 is 6.10 Å². The minimum absolute atomic E-state index is 0.516. The molecule has 0 aliphatic rings. The fourth-order valence-electron chi connectivity index (χ4n) is 1.81. The van der Waals surface area contributed by atoms with Crippen molar-refractivity contribution in [2.75, 3.05) is 34.8 Å². The molecule has 4 heteroatoms. The molecule has 0 aliphatic carbocycles. The summed E-state index contributed by atoms with van der Waals surface area (Å²) in [5.41, 5.74) is 2.00. The van der Waals surface area contributed by atoms with Crippen LogP contribution in [-0.4, -0.2) is 44.8 Å². The molecule has 1 aromatic rings. The lowest BCUT2D eigenvalue weighted by Gasteiger charge is -2.17. The Morgan fingerprint density at radius 2 is 2.12 bits per heavy atom. The predicted octanol–water partition coefficient (Wildman–Crippen LogP) is 1.01. The molecule has 1 aromatic carbocycles. The summed E-state index contributed by atoms with van der Waals surface area (Å²) >= 11 is 0. The zero-order valence-corrected chi connectivity index (χ0v) is 11.0. The molecule has 2 N–H and O–H groups in total. The van der Waals surface area contributed by atoms with E-state index in [4.69, 9.17) is 4.74 Å². The fourth-order valence-corrected chi connectivity index (χ4v) is 1.81. The first-order valence-electron chi connectivity index (χ1n) is 5.72. The second-order valence-corrected chi connectivity index (χ2v) is 4.39. The van der Waals surface area contributed by atoms with Crippen molar-refractivity contribution in [1.29, 1.82) is 0 Å². The summed E-state index contributed by atoms with van der Waals surface area (Å²) in [6, 6.07) is 5.93. The van der Waals surface area contributed by atoms with Gasteiger partial charge in [-0.1, -0.05) is 6.07 Å². The minimum Gasteiger partial charge on any atom is -0.496 e. The maximum absolute atomic E-state index is 10.0. The highest BCUT2D eigenvalue weighted by Gasteiger charge is 2.13. The van der Waals surface area contributed by atoms with E-state index in [1.807, 2.05) is 39.3 Å². The number of nitrogens with one attached hydrogen (secondary N) is 1. The van der Waals surface area contributed by atoms with Crippen LogP contribution in [0, 0.1) is 0 Å².